The van der Waals surface area contributed by atoms with Crippen molar-refractivity contribution in [3.05, 3.63) is 75.4 Å². The Morgan fingerprint density at radius 3 is 2.12 bits per heavy atom. The van der Waals surface area contributed by atoms with Gasteiger partial charge in [-0.1, -0.05) is 6.08 Å². The fraction of sp³-hybridized carbons (Fsp3) is 0.489. The fourth-order valence-electron chi connectivity index (χ4n) is 7.93. The summed E-state index contributed by atoms with van der Waals surface area (Å²) in [5.41, 5.74) is 11.6. The van der Waals surface area contributed by atoms with Crippen molar-refractivity contribution >= 4 is 57.1 Å². The van der Waals surface area contributed by atoms with Crippen molar-refractivity contribution < 1.29 is 33.3 Å². The number of nitrogens with one attached hydrogen (secondary N) is 2. The van der Waals surface area contributed by atoms with Crippen LogP contribution in [0.3, 0.4) is 0 Å². The van der Waals surface area contributed by atoms with Gasteiger partial charge in [0.2, 0.25) is 5.91 Å². The quantitative estimate of drug-likeness (QED) is 0.131. The van der Waals surface area contributed by atoms with Crippen LogP contribution in [0.25, 0.3) is 39.3 Å². The molecule has 12 heteroatoms. The minimum Gasteiger partial charge on any atom is -0.469 e. The summed E-state index contributed by atoms with van der Waals surface area (Å²) in [4.78, 5) is 57.7. The lowest BCUT2D eigenvalue weighted by Gasteiger charge is -2.27. The second kappa shape index (κ2) is 18.0. The van der Waals surface area contributed by atoms with Crippen molar-refractivity contribution in [2.24, 2.45) is 0 Å². The van der Waals surface area contributed by atoms with E-state index in [9.17, 15) is 14.4 Å². The number of aryl methyl sites for hydroxylation is 4. The van der Waals surface area contributed by atoms with Crippen molar-refractivity contribution in [1.82, 2.24) is 24.8 Å². The number of aromatic amines is 2. The van der Waals surface area contributed by atoms with Crippen LogP contribution in [0, 0.1) is 13.8 Å². The molecule has 3 aromatic heterocycles. The number of fused-ring (bicyclic) bond motifs is 8. The Morgan fingerprint density at radius 2 is 1.53 bits per heavy atom. The summed E-state index contributed by atoms with van der Waals surface area (Å²) in [5, 5.41) is 0. The number of allylic oxidation sites excluding steroid dienone is 3. The normalized spacial score (nSPS) is 18.7. The fourth-order valence-corrected chi connectivity index (χ4v) is 7.93. The first kappa shape index (κ1) is 41.6. The van der Waals surface area contributed by atoms with Gasteiger partial charge < -0.3 is 33.8 Å². The van der Waals surface area contributed by atoms with Crippen LogP contribution >= 0.6 is 0 Å². The Hall–Kier alpha value is -5.07. The summed E-state index contributed by atoms with van der Waals surface area (Å²) in [6.07, 6.45) is 10.3. The molecule has 8 bridgehead atoms. The van der Waals surface area contributed by atoms with Gasteiger partial charge in [0, 0.05) is 67.4 Å². The Morgan fingerprint density at radius 1 is 0.877 bits per heavy atom. The molecule has 304 valence electrons. The minimum atomic E-state index is -0.774. The monoisotopic (exact) mass is 779 g/mol. The van der Waals surface area contributed by atoms with Crippen molar-refractivity contribution in [3.63, 3.8) is 0 Å². The molecule has 6 heterocycles. The Balaban J connectivity index is 1.58. The van der Waals surface area contributed by atoms with E-state index in [0.717, 1.165) is 117 Å². The van der Waals surface area contributed by atoms with Crippen LogP contribution in [0.5, 0.6) is 0 Å². The predicted octanol–water partition coefficient (Wildman–Crippen LogP) is 7.85. The van der Waals surface area contributed by atoms with Crippen LogP contribution in [0.1, 0.15) is 110 Å². The number of hydrogen-bond donors (Lipinski definition) is 2. The van der Waals surface area contributed by atoms with Gasteiger partial charge in [0.25, 0.3) is 0 Å². The maximum Gasteiger partial charge on any atom is 0.305 e. The molecule has 1 unspecified atom stereocenters. The zero-order valence-electron chi connectivity index (χ0n) is 34.7. The average Bonchev–Trinajstić information content (AvgIpc) is 3.86. The molecular weight excluding hydrogens is 723 g/mol. The summed E-state index contributed by atoms with van der Waals surface area (Å²) in [6.45, 7) is 9.54. The van der Waals surface area contributed by atoms with E-state index in [1.54, 1.807) is 19.0 Å². The second-order valence-electron chi connectivity index (χ2n) is 15.7. The van der Waals surface area contributed by atoms with Gasteiger partial charge in [0.15, 0.2) is 6.29 Å². The highest BCUT2D eigenvalue weighted by atomic mass is 16.7. The first-order valence-electron chi connectivity index (χ1n) is 20.0. The van der Waals surface area contributed by atoms with Crippen molar-refractivity contribution in [1.29, 1.82) is 0 Å². The van der Waals surface area contributed by atoms with E-state index in [0.29, 0.717) is 19.4 Å². The lowest BCUT2D eigenvalue weighted by molar-refractivity contribution is -0.162. The van der Waals surface area contributed by atoms with Crippen molar-refractivity contribution in [2.45, 2.75) is 104 Å². The van der Waals surface area contributed by atoms with Crippen LogP contribution in [0.15, 0.2) is 30.3 Å². The number of ether oxygens (including phenoxy) is 4. The molecule has 3 aromatic rings. The van der Waals surface area contributed by atoms with E-state index < -0.39 is 5.41 Å². The van der Waals surface area contributed by atoms with E-state index in [-0.39, 0.29) is 43.4 Å². The third-order valence-corrected chi connectivity index (χ3v) is 11.5. The molecule has 12 nitrogen and oxygen atoms in total. The molecule has 2 N–H and O–H groups in total. The second-order valence-corrected chi connectivity index (χ2v) is 15.7. The number of rotatable bonds is 13. The highest BCUT2D eigenvalue weighted by Crippen LogP contribution is 2.45. The van der Waals surface area contributed by atoms with Gasteiger partial charge in [-0.15, -0.1) is 0 Å². The van der Waals surface area contributed by atoms with E-state index in [4.69, 9.17) is 28.9 Å². The molecule has 3 aliphatic heterocycles. The highest BCUT2D eigenvalue weighted by molar-refractivity contribution is 5.89. The third-order valence-electron chi connectivity index (χ3n) is 11.5. The Bertz CT molecular complexity index is 2240. The van der Waals surface area contributed by atoms with Crippen LogP contribution in [0.4, 0.5) is 0 Å². The molecule has 0 aliphatic carbocycles. The number of carbonyl (C=O) groups is 3. The zero-order chi connectivity index (χ0) is 40.9. The molecule has 0 aromatic carbocycles. The largest absolute Gasteiger partial charge is 0.469 e. The molecule has 3 aliphatic rings. The maximum absolute atomic E-state index is 13.7. The highest BCUT2D eigenvalue weighted by Gasteiger charge is 2.41. The number of hydrogen-bond acceptors (Lipinski definition) is 9. The van der Waals surface area contributed by atoms with Gasteiger partial charge in [-0.2, -0.15) is 0 Å². The van der Waals surface area contributed by atoms with E-state index in [2.05, 4.69) is 41.2 Å². The molecule has 1 fully saturated rings. The van der Waals surface area contributed by atoms with E-state index in [1.807, 2.05) is 32.9 Å². The van der Waals surface area contributed by atoms with Gasteiger partial charge >= 0.3 is 11.9 Å². The van der Waals surface area contributed by atoms with Gasteiger partial charge in [0.05, 0.1) is 43.6 Å². The lowest BCUT2D eigenvalue weighted by atomic mass is 9.76. The van der Waals surface area contributed by atoms with Crippen LogP contribution in [0.2, 0.25) is 0 Å². The lowest BCUT2D eigenvalue weighted by Crippen LogP contribution is -2.31. The Labute approximate surface area is 335 Å². The van der Waals surface area contributed by atoms with E-state index in [1.165, 1.54) is 14.2 Å². The molecule has 1 amide bonds. The number of methoxy groups -OCH3 is 2. The number of H-pyrrole nitrogens is 2. The maximum atomic E-state index is 13.7. The number of unbranched alkanes of at least 4 members (excludes halogenated alkanes) is 1. The molecule has 1 saturated heterocycles. The number of carbonyl (C=O) groups excluding carboxylic acids is 3. The zero-order valence-corrected chi connectivity index (χ0v) is 34.7. The molecule has 0 spiro atoms. The van der Waals surface area contributed by atoms with Gasteiger partial charge in [-0.05, 0) is 136 Å². The Kier molecular flexibility index (Phi) is 13.1. The smallest absolute Gasteiger partial charge is 0.305 e. The molecule has 0 radical (unpaired) electrons. The molecular formula is C45H57N5O7. The van der Waals surface area contributed by atoms with Crippen LogP contribution < -0.4 is 0 Å². The molecule has 6 rings (SSSR count). The van der Waals surface area contributed by atoms with E-state index >= 15 is 0 Å². The molecule has 57 heavy (non-hydrogen) atoms. The topological polar surface area (TPSA) is 149 Å². The minimum absolute atomic E-state index is 0.0120. The van der Waals surface area contributed by atoms with Gasteiger partial charge in [-0.25, -0.2) is 4.98 Å². The van der Waals surface area contributed by atoms with Crippen molar-refractivity contribution in [2.75, 3.05) is 41.5 Å². The number of esters is 2. The summed E-state index contributed by atoms with van der Waals surface area (Å²) in [7, 11) is 6.35. The summed E-state index contributed by atoms with van der Waals surface area (Å²) in [5.74, 6) is -0.600. The van der Waals surface area contributed by atoms with Crippen LogP contribution in [-0.4, -0.2) is 90.5 Å². The average molecular weight is 780 g/mol. The summed E-state index contributed by atoms with van der Waals surface area (Å²) < 4.78 is 21.9. The number of aromatic nitrogens is 4. The van der Waals surface area contributed by atoms with Gasteiger partial charge in [0.1, 0.15) is 0 Å². The summed E-state index contributed by atoms with van der Waals surface area (Å²) >= 11 is 0. The van der Waals surface area contributed by atoms with Crippen molar-refractivity contribution in [3.8, 4) is 0 Å². The first-order chi connectivity index (χ1) is 27.3. The molecule has 0 saturated carbocycles. The SMILES string of the molecule is COC(=O)CCc1c(C)c2cc3nc(cc4nc(cc5[nH]c(cc1[nH]2)c(CCC(=O)OC)c5C)[C@@](C)(CC(=O)N(C)C)/C4=C/CCCOC1CCCCO1)C(C)=C3. The standard InChI is InChI=1S/C45H57N5O7/c1-27-21-30-22-35-28(2)31(15-17-42(52)54-7)37(47-35)24-38-32(16-18-43(53)55-8)29(3)36(48-38)25-40-45(4,26-41(51)50(5)6)33(39(49-40)23-34(27)46-30)13-9-11-19-56-44-14-10-12-20-57-44/h13,21-25,44,47-48H,9-12,14-20,26H2,1-8H3/b30-22?,33-13+,34-23?,35-22?,36-25?,37-24?,38-24?,39-23?,40-25?/t44?,45-/m0/s1. The number of amides is 1. The first-order valence-corrected chi connectivity index (χ1v) is 20.0. The third kappa shape index (κ3) is 9.39. The summed E-state index contributed by atoms with van der Waals surface area (Å²) in [6, 6.07) is 8.17. The molecule has 2 atom stereocenters. The number of nitrogens with zero attached hydrogens (tertiary/aromatic N) is 3. The predicted molar refractivity (Wildman–Crippen MR) is 222 cm³/mol. The van der Waals surface area contributed by atoms with Gasteiger partial charge in [-0.3, -0.25) is 19.4 Å². The van der Waals surface area contributed by atoms with Crippen LogP contribution in [-0.2, 0) is 51.6 Å².